The van der Waals surface area contributed by atoms with Crippen LogP contribution in [0.5, 0.6) is 0 Å². The molecule has 0 aliphatic carbocycles. The SMILES string of the molecule is C=C(C(N)=O)C(CCC)OC(O)CC. The Kier molecular flexibility index (Phi) is 6.16. The van der Waals surface area contributed by atoms with E-state index in [1.807, 2.05) is 6.92 Å². The van der Waals surface area contributed by atoms with Crippen LogP contribution < -0.4 is 5.73 Å². The van der Waals surface area contributed by atoms with E-state index < -0.39 is 18.3 Å². The Labute approximate surface area is 84.7 Å². The van der Waals surface area contributed by atoms with Gasteiger partial charge in [0, 0.05) is 5.57 Å². The molecule has 4 nitrogen and oxygen atoms in total. The Morgan fingerprint density at radius 2 is 2.14 bits per heavy atom. The molecule has 82 valence electrons. The molecule has 0 aromatic carbocycles. The molecule has 14 heavy (non-hydrogen) atoms. The van der Waals surface area contributed by atoms with Gasteiger partial charge in [-0.1, -0.05) is 26.8 Å². The highest BCUT2D eigenvalue weighted by Gasteiger charge is 2.19. The molecule has 0 radical (unpaired) electrons. The zero-order valence-corrected chi connectivity index (χ0v) is 8.82. The van der Waals surface area contributed by atoms with Gasteiger partial charge in [-0.2, -0.15) is 0 Å². The van der Waals surface area contributed by atoms with Crippen molar-refractivity contribution in [3.05, 3.63) is 12.2 Å². The molecule has 0 saturated heterocycles. The summed E-state index contributed by atoms with van der Waals surface area (Å²) < 4.78 is 5.22. The molecule has 0 heterocycles. The predicted octanol–water partition coefficient (Wildman–Crippen LogP) is 0.942. The van der Waals surface area contributed by atoms with Crippen molar-refractivity contribution in [3.63, 3.8) is 0 Å². The lowest BCUT2D eigenvalue weighted by Crippen LogP contribution is -2.29. The molecule has 0 spiro atoms. The highest BCUT2D eigenvalue weighted by molar-refractivity contribution is 5.92. The average Bonchev–Trinajstić information content (AvgIpc) is 2.15. The van der Waals surface area contributed by atoms with Gasteiger partial charge < -0.3 is 15.6 Å². The van der Waals surface area contributed by atoms with Gasteiger partial charge in [0.1, 0.15) is 0 Å². The fourth-order valence-corrected chi connectivity index (χ4v) is 1.03. The lowest BCUT2D eigenvalue weighted by atomic mass is 10.1. The fraction of sp³-hybridized carbons (Fsp3) is 0.700. The number of aliphatic hydroxyl groups excluding tert-OH is 1. The normalized spacial score (nSPS) is 14.8. The lowest BCUT2D eigenvalue weighted by Gasteiger charge is -2.20. The first kappa shape index (κ1) is 13.1. The summed E-state index contributed by atoms with van der Waals surface area (Å²) in [4.78, 5) is 10.8. The number of amides is 1. The zero-order valence-electron chi connectivity index (χ0n) is 8.82. The molecule has 0 aromatic rings. The molecule has 4 heteroatoms. The Bertz CT molecular complexity index is 204. The van der Waals surface area contributed by atoms with Gasteiger partial charge >= 0.3 is 0 Å². The zero-order chi connectivity index (χ0) is 11.1. The minimum absolute atomic E-state index is 0.222. The van der Waals surface area contributed by atoms with E-state index in [-0.39, 0.29) is 5.57 Å². The maximum absolute atomic E-state index is 10.8. The Morgan fingerprint density at radius 3 is 2.50 bits per heavy atom. The molecular weight excluding hydrogens is 182 g/mol. The van der Waals surface area contributed by atoms with Crippen molar-refractivity contribution >= 4 is 5.91 Å². The Hall–Kier alpha value is -0.870. The summed E-state index contributed by atoms with van der Waals surface area (Å²) in [7, 11) is 0. The van der Waals surface area contributed by atoms with Crippen LogP contribution in [0.2, 0.25) is 0 Å². The van der Waals surface area contributed by atoms with Gasteiger partial charge in [-0.05, 0) is 12.8 Å². The molecule has 1 amide bonds. The minimum atomic E-state index is -0.859. The van der Waals surface area contributed by atoms with E-state index in [1.54, 1.807) is 6.92 Å². The number of nitrogens with two attached hydrogens (primary N) is 1. The fourth-order valence-electron chi connectivity index (χ4n) is 1.03. The van der Waals surface area contributed by atoms with Crippen LogP contribution >= 0.6 is 0 Å². The summed E-state index contributed by atoms with van der Waals surface area (Å²) in [6.07, 6.45) is 0.633. The average molecular weight is 201 g/mol. The molecule has 0 aliphatic rings. The molecule has 0 saturated carbocycles. The van der Waals surface area contributed by atoms with E-state index in [9.17, 15) is 9.90 Å². The van der Waals surface area contributed by atoms with Crippen molar-refractivity contribution in [3.8, 4) is 0 Å². The summed E-state index contributed by atoms with van der Waals surface area (Å²) in [6, 6.07) is 0. The molecule has 0 rings (SSSR count). The number of aliphatic hydroxyl groups is 1. The van der Waals surface area contributed by atoms with E-state index in [0.717, 1.165) is 6.42 Å². The maximum atomic E-state index is 10.8. The van der Waals surface area contributed by atoms with E-state index >= 15 is 0 Å². The van der Waals surface area contributed by atoms with Crippen molar-refractivity contribution in [2.45, 2.75) is 45.5 Å². The monoisotopic (exact) mass is 201 g/mol. The van der Waals surface area contributed by atoms with Crippen molar-refractivity contribution < 1.29 is 14.6 Å². The Balaban J connectivity index is 4.28. The van der Waals surface area contributed by atoms with Gasteiger partial charge in [-0.3, -0.25) is 4.79 Å². The summed E-state index contributed by atoms with van der Waals surface area (Å²) in [5.74, 6) is -0.577. The van der Waals surface area contributed by atoms with Crippen LogP contribution in [0.25, 0.3) is 0 Å². The van der Waals surface area contributed by atoms with Crippen LogP contribution in [-0.2, 0) is 9.53 Å². The standard InChI is InChI=1S/C10H19NO3/c1-4-6-8(7(3)10(11)13)14-9(12)5-2/h8-9,12H,3-6H2,1-2H3,(H2,11,13). The minimum Gasteiger partial charge on any atom is -0.368 e. The number of ether oxygens (including phenoxy) is 1. The van der Waals surface area contributed by atoms with Gasteiger partial charge in [-0.25, -0.2) is 0 Å². The van der Waals surface area contributed by atoms with Crippen LogP contribution in [0, 0.1) is 0 Å². The first-order chi connectivity index (χ1) is 6.52. The van der Waals surface area contributed by atoms with Crippen LogP contribution in [0.3, 0.4) is 0 Å². The summed E-state index contributed by atoms with van der Waals surface area (Å²) in [5, 5.41) is 9.27. The van der Waals surface area contributed by atoms with Crippen LogP contribution in [0.15, 0.2) is 12.2 Å². The van der Waals surface area contributed by atoms with Crippen molar-refractivity contribution in [2.75, 3.05) is 0 Å². The number of hydrogen-bond donors (Lipinski definition) is 2. The van der Waals surface area contributed by atoms with Crippen molar-refractivity contribution in [2.24, 2.45) is 5.73 Å². The first-order valence-corrected chi connectivity index (χ1v) is 4.85. The predicted molar refractivity (Wildman–Crippen MR) is 54.4 cm³/mol. The van der Waals surface area contributed by atoms with Gasteiger partial charge in [0.05, 0.1) is 6.10 Å². The topological polar surface area (TPSA) is 72.6 Å². The van der Waals surface area contributed by atoms with Crippen LogP contribution in [-0.4, -0.2) is 23.4 Å². The third-order valence-corrected chi connectivity index (χ3v) is 1.93. The number of carbonyl (C=O) groups is 1. The third-order valence-electron chi connectivity index (χ3n) is 1.93. The second-order valence-electron chi connectivity index (χ2n) is 3.17. The molecule has 2 atom stereocenters. The number of rotatable bonds is 7. The first-order valence-electron chi connectivity index (χ1n) is 4.85. The summed E-state index contributed by atoms with van der Waals surface area (Å²) >= 11 is 0. The molecule has 0 aromatic heterocycles. The third kappa shape index (κ3) is 4.39. The highest BCUT2D eigenvalue weighted by Crippen LogP contribution is 2.13. The second kappa shape index (κ2) is 6.56. The van der Waals surface area contributed by atoms with Crippen LogP contribution in [0.4, 0.5) is 0 Å². The molecule has 3 N–H and O–H groups in total. The number of hydrogen-bond acceptors (Lipinski definition) is 3. The lowest BCUT2D eigenvalue weighted by molar-refractivity contribution is -0.134. The smallest absolute Gasteiger partial charge is 0.246 e. The van der Waals surface area contributed by atoms with E-state index in [1.165, 1.54) is 0 Å². The van der Waals surface area contributed by atoms with Crippen LogP contribution in [0.1, 0.15) is 33.1 Å². The summed E-state index contributed by atoms with van der Waals surface area (Å²) in [5.41, 5.74) is 5.31. The van der Waals surface area contributed by atoms with Gasteiger partial charge in [-0.15, -0.1) is 0 Å². The van der Waals surface area contributed by atoms with E-state index in [0.29, 0.717) is 12.8 Å². The molecule has 2 unspecified atom stereocenters. The quantitative estimate of drug-likeness (QED) is 0.475. The van der Waals surface area contributed by atoms with E-state index in [2.05, 4.69) is 6.58 Å². The summed E-state index contributed by atoms with van der Waals surface area (Å²) in [6.45, 7) is 7.30. The maximum Gasteiger partial charge on any atom is 0.246 e. The molecule has 0 aliphatic heterocycles. The van der Waals surface area contributed by atoms with Crippen molar-refractivity contribution in [1.29, 1.82) is 0 Å². The number of carbonyl (C=O) groups excluding carboxylic acids is 1. The van der Waals surface area contributed by atoms with Gasteiger partial charge in [0.25, 0.3) is 0 Å². The van der Waals surface area contributed by atoms with Crippen molar-refractivity contribution in [1.82, 2.24) is 0 Å². The number of primary amides is 1. The van der Waals surface area contributed by atoms with Gasteiger partial charge in [0.15, 0.2) is 6.29 Å². The highest BCUT2D eigenvalue weighted by atomic mass is 16.6. The van der Waals surface area contributed by atoms with Gasteiger partial charge in [0.2, 0.25) is 5.91 Å². The molecule has 0 fully saturated rings. The molecule has 0 bridgehead atoms. The Morgan fingerprint density at radius 1 is 1.57 bits per heavy atom. The van der Waals surface area contributed by atoms with E-state index in [4.69, 9.17) is 10.5 Å². The molecular formula is C10H19NO3. The second-order valence-corrected chi connectivity index (χ2v) is 3.17. The largest absolute Gasteiger partial charge is 0.368 e.